The Bertz CT molecular complexity index is 1270. The number of nitro benzene ring substituents is 1. The molecule has 1 heterocycles. The molecule has 0 spiro atoms. The van der Waals surface area contributed by atoms with Crippen LogP contribution in [0.5, 0.6) is 0 Å². The van der Waals surface area contributed by atoms with Gasteiger partial charge in [0.15, 0.2) is 0 Å². The number of amides is 1. The summed E-state index contributed by atoms with van der Waals surface area (Å²) in [6, 6.07) is 11.5. The summed E-state index contributed by atoms with van der Waals surface area (Å²) >= 11 is 0. The summed E-state index contributed by atoms with van der Waals surface area (Å²) in [4.78, 5) is 53.0. The van der Waals surface area contributed by atoms with Crippen molar-refractivity contribution in [3.05, 3.63) is 86.2 Å². The molecule has 0 radical (unpaired) electrons. The first-order valence-corrected chi connectivity index (χ1v) is 10.1. The van der Waals surface area contributed by atoms with Crippen molar-refractivity contribution in [1.29, 1.82) is 0 Å². The van der Waals surface area contributed by atoms with E-state index in [2.05, 4.69) is 26.1 Å². The van der Waals surface area contributed by atoms with E-state index < -0.39 is 27.4 Å². The molecule has 3 aromatic rings. The smallest absolute Gasteiger partial charge is 0.355 e. The highest BCUT2D eigenvalue weighted by atomic mass is 16.6. The Hall–Kier alpha value is -5.14. The van der Waals surface area contributed by atoms with Gasteiger partial charge in [0.05, 0.1) is 28.4 Å². The highest BCUT2D eigenvalue weighted by Gasteiger charge is 2.24. The van der Waals surface area contributed by atoms with E-state index in [-0.39, 0.29) is 35.9 Å². The van der Waals surface area contributed by atoms with E-state index in [0.717, 1.165) is 6.33 Å². The zero-order chi connectivity index (χ0) is 25.4. The fraction of sp³-hybridized carbons (Fsp3) is 0.143. The summed E-state index contributed by atoms with van der Waals surface area (Å²) < 4.78 is 4.95. The third-order valence-corrected chi connectivity index (χ3v) is 4.47. The van der Waals surface area contributed by atoms with Gasteiger partial charge in [-0.1, -0.05) is 18.2 Å². The molecule has 3 rings (SSSR count). The second kappa shape index (κ2) is 11.1. The summed E-state index contributed by atoms with van der Waals surface area (Å²) in [5.74, 6) is -1.58. The van der Waals surface area contributed by atoms with Gasteiger partial charge in [0.2, 0.25) is 17.5 Å². The van der Waals surface area contributed by atoms with Crippen molar-refractivity contribution in [2.75, 3.05) is 17.3 Å². The average molecular weight is 481 g/mol. The maximum Gasteiger partial charge on any atom is 0.355 e. The van der Waals surface area contributed by atoms with Crippen molar-refractivity contribution in [2.45, 2.75) is 13.3 Å². The Balaban J connectivity index is 1.73. The summed E-state index contributed by atoms with van der Waals surface area (Å²) in [7, 11) is 0. The second-order valence-corrected chi connectivity index (χ2v) is 6.88. The molecule has 0 aliphatic rings. The maximum absolute atomic E-state index is 12.2. The van der Waals surface area contributed by atoms with Crippen molar-refractivity contribution in [2.24, 2.45) is 0 Å². The number of benzene rings is 2. The van der Waals surface area contributed by atoms with E-state index in [1.165, 1.54) is 36.4 Å². The van der Waals surface area contributed by atoms with E-state index >= 15 is 0 Å². The van der Waals surface area contributed by atoms with E-state index in [1.54, 1.807) is 19.1 Å². The number of hydrogen-bond acceptors (Lipinski definition) is 11. The van der Waals surface area contributed by atoms with Crippen LogP contribution in [0.4, 0.5) is 28.7 Å². The van der Waals surface area contributed by atoms with Crippen LogP contribution in [0.3, 0.4) is 0 Å². The predicted octanol–water partition coefficient (Wildman–Crippen LogP) is 2.90. The van der Waals surface area contributed by atoms with Crippen LogP contribution in [0.15, 0.2) is 54.9 Å². The zero-order valence-corrected chi connectivity index (χ0v) is 18.3. The van der Waals surface area contributed by atoms with Gasteiger partial charge in [0.25, 0.3) is 5.69 Å². The first-order chi connectivity index (χ1) is 16.8. The molecule has 14 nitrogen and oxygen atoms in total. The molecule has 1 amide bonds. The Morgan fingerprint density at radius 2 is 1.71 bits per heavy atom. The number of nitro groups is 2. The standard InChI is InChI=1S/C21H19N7O7/c1-2-35-21(30)14-4-3-5-15(11-14)24-19-18(28(33)34)20(23-12-22-19)26-25-17(29)10-13-6-8-16(9-7-13)27(31)32/h3-9,11-12H,2,10H2,1H3,(H,25,29)(H2,22,23,24,26). The zero-order valence-electron chi connectivity index (χ0n) is 18.3. The second-order valence-electron chi connectivity index (χ2n) is 6.88. The highest BCUT2D eigenvalue weighted by molar-refractivity contribution is 5.91. The molecule has 0 fully saturated rings. The lowest BCUT2D eigenvalue weighted by Gasteiger charge is -2.11. The molecule has 0 saturated carbocycles. The molecule has 2 aromatic carbocycles. The molecule has 14 heteroatoms. The molecule has 0 aliphatic heterocycles. The fourth-order valence-corrected chi connectivity index (χ4v) is 2.90. The minimum Gasteiger partial charge on any atom is -0.462 e. The van der Waals surface area contributed by atoms with Crippen molar-refractivity contribution < 1.29 is 24.2 Å². The lowest BCUT2D eigenvalue weighted by atomic mass is 10.1. The van der Waals surface area contributed by atoms with E-state index in [1.807, 2.05) is 0 Å². The first kappa shape index (κ1) is 24.5. The monoisotopic (exact) mass is 481 g/mol. The van der Waals surface area contributed by atoms with Gasteiger partial charge in [-0.3, -0.25) is 35.9 Å². The van der Waals surface area contributed by atoms with Gasteiger partial charge in [0, 0.05) is 17.8 Å². The largest absolute Gasteiger partial charge is 0.462 e. The number of aromatic nitrogens is 2. The molecule has 180 valence electrons. The number of carbonyl (C=O) groups is 2. The number of hydrazine groups is 1. The van der Waals surface area contributed by atoms with Gasteiger partial charge < -0.3 is 10.1 Å². The summed E-state index contributed by atoms with van der Waals surface area (Å²) in [6.45, 7) is 1.86. The van der Waals surface area contributed by atoms with Crippen LogP contribution in [0.1, 0.15) is 22.8 Å². The molecule has 0 unspecified atom stereocenters. The van der Waals surface area contributed by atoms with E-state index in [4.69, 9.17) is 4.74 Å². The van der Waals surface area contributed by atoms with Gasteiger partial charge in [0.1, 0.15) is 6.33 Å². The third kappa shape index (κ3) is 6.44. The van der Waals surface area contributed by atoms with Crippen LogP contribution in [0.25, 0.3) is 0 Å². The molecular formula is C21H19N7O7. The Morgan fingerprint density at radius 3 is 2.37 bits per heavy atom. The normalized spacial score (nSPS) is 10.2. The highest BCUT2D eigenvalue weighted by Crippen LogP contribution is 2.31. The number of hydrogen-bond donors (Lipinski definition) is 3. The Kier molecular flexibility index (Phi) is 7.79. The van der Waals surface area contributed by atoms with Gasteiger partial charge >= 0.3 is 11.7 Å². The SMILES string of the molecule is CCOC(=O)c1cccc(Nc2ncnc(NNC(=O)Cc3ccc([N+](=O)[O-])cc3)c2[N+](=O)[O-])c1. The molecule has 1 aromatic heterocycles. The molecule has 0 bridgehead atoms. The number of nitrogens with one attached hydrogen (secondary N) is 3. The lowest BCUT2D eigenvalue weighted by Crippen LogP contribution is -2.31. The third-order valence-electron chi connectivity index (χ3n) is 4.47. The van der Waals surface area contributed by atoms with Gasteiger partial charge in [-0.2, -0.15) is 0 Å². The van der Waals surface area contributed by atoms with Crippen molar-refractivity contribution >= 4 is 40.6 Å². The Morgan fingerprint density at radius 1 is 1.00 bits per heavy atom. The minimum atomic E-state index is -0.734. The quantitative estimate of drug-likeness (QED) is 0.219. The summed E-state index contributed by atoms with van der Waals surface area (Å²) in [5, 5.41) is 25.2. The average Bonchev–Trinajstić information content (AvgIpc) is 2.83. The lowest BCUT2D eigenvalue weighted by molar-refractivity contribution is -0.384. The Labute approximate surface area is 197 Å². The van der Waals surface area contributed by atoms with Crippen LogP contribution in [-0.4, -0.2) is 38.3 Å². The van der Waals surface area contributed by atoms with Gasteiger partial charge in [-0.05, 0) is 30.7 Å². The van der Waals surface area contributed by atoms with E-state index in [0.29, 0.717) is 11.3 Å². The molecular weight excluding hydrogens is 462 g/mol. The first-order valence-electron chi connectivity index (χ1n) is 10.1. The molecule has 35 heavy (non-hydrogen) atoms. The number of carbonyl (C=O) groups excluding carboxylic acids is 2. The van der Waals surface area contributed by atoms with Crippen molar-refractivity contribution in [1.82, 2.24) is 15.4 Å². The number of non-ortho nitro benzene ring substituents is 1. The van der Waals surface area contributed by atoms with Crippen LogP contribution in [-0.2, 0) is 16.0 Å². The fourth-order valence-electron chi connectivity index (χ4n) is 2.90. The number of esters is 1. The van der Waals surface area contributed by atoms with Crippen molar-refractivity contribution in [3.63, 3.8) is 0 Å². The number of nitrogens with zero attached hydrogens (tertiary/aromatic N) is 4. The molecule has 0 saturated heterocycles. The van der Waals surface area contributed by atoms with Crippen LogP contribution < -0.4 is 16.2 Å². The van der Waals surface area contributed by atoms with Crippen LogP contribution in [0.2, 0.25) is 0 Å². The molecule has 3 N–H and O–H groups in total. The van der Waals surface area contributed by atoms with Crippen molar-refractivity contribution in [3.8, 4) is 0 Å². The van der Waals surface area contributed by atoms with Crippen LogP contribution in [0, 0.1) is 20.2 Å². The molecule has 0 atom stereocenters. The maximum atomic E-state index is 12.2. The number of rotatable bonds is 10. The predicted molar refractivity (Wildman–Crippen MR) is 123 cm³/mol. The summed E-state index contributed by atoms with van der Waals surface area (Å²) in [5.41, 5.74) is 5.12. The van der Waals surface area contributed by atoms with Gasteiger partial charge in [-0.15, -0.1) is 0 Å². The van der Waals surface area contributed by atoms with Gasteiger partial charge in [-0.25, -0.2) is 14.8 Å². The van der Waals surface area contributed by atoms with E-state index in [9.17, 15) is 29.8 Å². The number of ether oxygens (including phenoxy) is 1. The number of anilines is 3. The topological polar surface area (TPSA) is 192 Å². The minimum absolute atomic E-state index is 0.114. The summed E-state index contributed by atoms with van der Waals surface area (Å²) in [6.07, 6.45) is 0.908. The molecule has 0 aliphatic carbocycles. The van der Waals surface area contributed by atoms with Crippen LogP contribution >= 0.6 is 0 Å².